The summed E-state index contributed by atoms with van der Waals surface area (Å²) in [5, 5.41) is 0. The second kappa shape index (κ2) is 6.35. The highest BCUT2D eigenvalue weighted by Crippen LogP contribution is 2.27. The quantitative estimate of drug-likeness (QED) is 0.928. The first-order chi connectivity index (χ1) is 9.01. The van der Waals surface area contributed by atoms with Gasteiger partial charge in [0.15, 0.2) is 0 Å². The standard InChI is InChI=1S/C15H23BrN2O/c1-10-4-5-13(6-14(10)16)15(7-17)18-8-11(2)19-12(3)9-18/h4-6,11-12,15H,7-9,17H2,1-3H3/t11-,12+,15?. The van der Waals surface area contributed by atoms with Gasteiger partial charge in [0.25, 0.3) is 0 Å². The zero-order valence-electron chi connectivity index (χ0n) is 11.9. The van der Waals surface area contributed by atoms with E-state index in [9.17, 15) is 0 Å². The fraction of sp³-hybridized carbons (Fsp3) is 0.600. The number of halogens is 1. The van der Waals surface area contributed by atoms with Crippen molar-refractivity contribution < 1.29 is 4.74 Å². The van der Waals surface area contributed by atoms with E-state index < -0.39 is 0 Å². The Morgan fingerprint density at radius 2 is 2.00 bits per heavy atom. The van der Waals surface area contributed by atoms with Crippen molar-refractivity contribution in [2.45, 2.75) is 39.0 Å². The SMILES string of the molecule is Cc1ccc(C(CN)N2C[C@@H](C)O[C@@H](C)C2)cc1Br. The Morgan fingerprint density at radius 3 is 2.53 bits per heavy atom. The molecular weight excluding hydrogens is 304 g/mol. The number of benzene rings is 1. The zero-order valence-corrected chi connectivity index (χ0v) is 13.5. The van der Waals surface area contributed by atoms with E-state index in [0.29, 0.717) is 6.54 Å². The number of aryl methyl sites for hydroxylation is 1. The van der Waals surface area contributed by atoms with Crippen LogP contribution in [-0.4, -0.2) is 36.7 Å². The molecule has 1 aromatic rings. The summed E-state index contributed by atoms with van der Waals surface area (Å²) in [5.41, 5.74) is 8.55. The van der Waals surface area contributed by atoms with Gasteiger partial charge in [-0.05, 0) is 38.0 Å². The maximum atomic E-state index is 6.02. The van der Waals surface area contributed by atoms with Crippen LogP contribution in [0.4, 0.5) is 0 Å². The molecule has 0 spiro atoms. The topological polar surface area (TPSA) is 38.5 Å². The molecule has 3 atom stereocenters. The number of ether oxygens (including phenoxy) is 1. The van der Waals surface area contributed by atoms with E-state index in [-0.39, 0.29) is 18.2 Å². The normalized spacial score (nSPS) is 26.4. The minimum atomic E-state index is 0.269. The van der Waals surface area contributed by atoms with Gasteiger partial charge in [0.1, 0.15) is 0 Å². The van der Waals surface area contributed by atoms with E-state index in [4.69, 9.17) is 10.5 Å². The predicted molar refractivity (Wildman–Crippen MR) is 82.3 cm³/mol. The summed E-state index contributed by atoms with van der Waals surface area (Å²) in [6.45, 7) is 8.87. The summed E-state index contributed by atoms with van der Waals surface area (Å²) in [6.07, 6.45) is 0.540. The molecule has 0 bridgehead atoms. The van der Waals surface area contributed by atoms with Gasteiger partial charge in [-0.15, -0.1) is 0 Å². The Balaban J connectivity index is 2.21. The number of hydrogen-bond donors (Lipinski definition) is 1. The van der Waals surface area contributed by atoms with Gasteiger partial charge in [0, 0.05) is 30.1 Å². The molecule has 106 valence electrons. The Bertz CT molecular complexity index is 428. The number of nitrogens with two attached hydrogens (primary N) is 1. The summed E-state index contributed by atoms with van der Waals surface area (Å²) >= 11 is 3.61. The third-order valence-corrected chi connectivity index (χ3v) is 4.55. The van der Waals surface area contributed by atoms with Crippen LogP contribution in [0.3, 0.4) is 0 Å². The van der Waals surface area contributed by atoms with Crippen LogP contribution in [-0.2, 0) is 4.74 Å². The molecule has 1 saturated heterocycles. The van der Waals surface area contributed by atoms with E-state index in [1.54, 1.807) is 0 Å². The summed E-state index contributed by atoms with van der Waals surface area (Å²) < 4.78 is 6.95. The second-order valence-electron chi connectivity index (χ2n) is 5.47. The van der Waals surface area contributed by atoms with Crippen LogP contribution in [0.2, 0.25) is 0 Å². The third-order valence-electron chi connectivity index (χ3n) is 3.69. The number of rotatable bonds is 3. The molecule has 0 radical (unpaired) electrons. The Labute approximate surface area is 124 Å². The molecule has 2 rings (SSSR count). The number of nitrogens with zero attached hydrogens (tertiary/aromatic N) is 1. The Hall–Kier alpha value is -0.420. The molecule has 0 amide bonds. The maximum absolute atomic E-state index is 6.02. The predicted octanol–water partition coefficient (Wildman–Crippen LogP) is 2.87. The van der Waals surface area contributed by atoms with Crippen molar-refractivity contribution in [2.24, 2.45) is 5.73 Å². The molecule has 0 saturated carbocycles. The first-order valence-electron chi connectivity index (χ1n) is 6.87. The van der Waals surface area contributed by atoms with E-state index in [1.165, 1.54) is 11.1 Å². The first kappa shape index (κ1) is 15.0. The minimum absolute atomic E-state index is 0.269. The highest BCUT2D eigenvalue weighted by Gasteiger charge is 2.28. The molecule has 1 fully saturated rings. The van der Waals surface area contributed by atoms with Crippen LogP contribution in [0, 0.1) is 6.92 Å². The Kier molecular flexibility index (Phi) is 5.01. The highest BCUT2D eigenvalue weighted by atomic mass is 79.9. The largest absolute Gasteiger partial charge is 0.373 e. The minimum Gasteiger partial charge on any atom is -0.373 e. The van der Waals surface area contributed by atoms with Crippen LogP contribution < -0.4 is 5.73 Å². The van der Waals surface area contributed by atoms with Crippen molar-refractivity contribution in [3.8, 4) is 0 Å². The van der Waals surface area contributed by atoms with E-state index in [0.717, 1.165) is 17.6 Å². The average Bonchev–Trinajstić information content (AvgIpc) is 2.33. The smallest absolute Gasteiger partial charge is 0.0678 e. The van der Waals surface area contributed by atoms with Crippen molar-refractivity contribution >= 4 is 15.9 Å². The highest BCUT2D eigenvalue weighted by molar-refractivity contribution is 9.10. The lowest BCUT2D eigenvalue weighted by atomic mass is 10.0. The van der Waals surface area contributed by atoms with Gasteiger partial charge in [0.2, 0.25) is 0 Å². The van der Waals surface area contributed by atoms with Gasteiger partial charge in [-0.3, -0.25) is 4.90 Å². The monoisotopic (exact) mass is 326 g/mol. The van der Waals surface area contributed by atoms with Gasteiger partial charge in [0.05, 0.1) is 12.2 Å². The van der Waals surface area contributed by atoms with Gasteiger partial charge in [-0.2, -0.15) is 0 Å². The summed E-state index contributed by atoms with van der Waals surface area (Å²) in [4.78, 5) is 2.44. The lowest BCUT2D eigenvalue weighted by molar-refractivity contribution is -0.0799. The van der Waals surface area contributed by atoms with Crippen molar-refractivity contribution in [3.05, 3.63) is 33.8 Å². The van der Waals surface area contributed by atoms with Gasteiger partial charge < -0.3 is 10.5 Å². The fourth-order valence-electron chi connectivity index (χ4n) is 2.78. The third kappa shape index (κ3) is 3.57. The van der Waals surface area contributed by atoms with Gasteiger partial charge in [-0.1, -0.05) is 28.1 Å². The van der Waals surface area contributed by atoms with Gasteiger partial charge >= 0.3 is 0 Å². The van der Waals surface area contributed by atoms with Crippen molar-refractivity contribution in [1.82, 2.24) is 4.90 Å². The molecule has 1 aromatic carbocycles. The number of hydrogen-bond acceptors (Lipinski definition) is 3. The maximum Gasteiger partial charge on any atom is 0.0678 e. The summed E-state index contributed by atoms with van der Waals surface area (Å²) in [6, 6.07) is 6.79. The molecule has 1 aliphatic rings. The molecule has 2 N–H and O–H groups in total. The molecule has 0 aliphatic carbocycles. The molecule has 4 heteroatoms. The van der Waals surface area contributed by atoms with E-state index >= 15 is 0 Å². The van der Waals surface area contributed by atoms with Crippen LogP contribution in [0.25, 0.3) is 0 Å². The van der Waals surface area contributed by atoms with Crippen molar-refractivity contribution in [2.75, 3.05) is 19.6 Å². The Morgan fingerprint density at radius 1 is 1.37 bits per heavy atom. The molecular formula is C15H23BrN2O. The second-order valence-corrected chi connectivity index (χ2v) is 6.33. The fourth-order valence-corrected chi connectivity index (χ4v) is 3.18. The molecule has 0 aromatic heterocycles. The van der Waals surface area contributed by atoms with E-state index in [2.05, 4.69) is 59.8 Å². The van der Waals surface area contributed by atoms with Crippen LogP contribution >= 0.6 is 15.9 Å². The molecule has 19 heavy (non-hydrogen) atoms. The van der Waals surface area contributed by atoms with Crippen LogP contribution in [0.15, 0.2) is 22.7 Å². The lowest BCUT2D eigenvalue weighted by Gasteiger charge is -2.40. The molecule has 1 heterocycles. The average molecular weight is 327 g/mol. The zero-order chi connectivity index (χ0) is 14.0. The van der Waals surface area contributed by atoms with Crippen LogP contribution in [0.5, 0.6) is 0 Å². The van der Waals surface area contributed by atoms with E-state index in [1.807, 2.05) is 0 Å². The van der Waals surface area contributed by atoms with Gasteiger partial charge in [-0.25, -0.2) is 0 Å². The summed E-state index contributed by atoms with van der Waals surface area (Å²) in [7, 11) is 0. The summed E-state index contributed by atoms with van der Waals surface area (Å²) in [5.74, 6) is 0. The lowest BCUT2D eigenvalue weighted by Crippen LogP contribution is -2.48. The molecule has 1 aliphatic heterocycles. The molecule has 1 unspecified atom stereocenters. The van der Waals surface area contributed by atoms with Crippen molar-refractivity contribution in [1.29, 1.82) is 0 Å². The number of morpholine rings is 1. The van der Waals surface area contributed by atoms with Crippen LogP contribution in [0.1, 0.15) is 31.0 Å². The first-order valence-corrected chi connectivity index (χ1v) is 7.66. The molecule has 3 nitrogen and oxygen atoms in total. The van der Waals surface area contributed by atoms with Crippen molar-refractivity contribution in [3.63, 3.8) is 0 Å².